The fourth-order valence-electron chi connectivity index (χ4n) is 1.16. The number of pyridine rings is 1. The Labute approximate surface area is 86.0 Å². The van der Waals surface area contributed by atoms with E-state index >= 15 is 0 Å². The van der Waals surface area contributed by atoms with Crippen LogP contribution in [0.15, 0.2) is 17.8 Å². The highest BCUT2D eigenvalue weighted by Crippen LogP contribution is 2.25. The van der Waals surface area contributed by atoms with Crippen molar-refractivity contribution in [1.82, 2.24) is 9.97 Å². The van der Waals surface area contributed by atoms with Gasteiger partial charge in [-0.3, -0.25) is 0 Å². The second-order valence-electron chi connectivity index (χ2n) is 3.63. The van der Waals surface area contributed by atoms with Crippen molar-refractivity contribution in [3.05, 3.63) is 23.3 Å². The Balaban J connectivity index is 2.61. The molecule has 0 saturated carbocycles. The molecule has 0 N–H and O–H groups in total. The van der Waals surface area contributed by atoms with E-state index in [1.807, 2.05) is 19.9 Å². The van der Waals surface area contributed by atoms with Crippen LogP contribution >= 0.6 is 11.3 Å². The molecule has 14 heavy (non-hydrogen) atoms. The van der Waals surface area contributed by atoms with Crippen LogP contribution in [-0.4, -0.2) is 9.97 Å². The van der Waals surface area contributed by atoms with E-state index in [0.717, 1.165) is 15.9 Å². The van der Waals surface area contributed by atoms with Gasteiger partial charge in [0.2, 0.25) is 0 Å². The van der Waals surface area contributed by atoms with E-state index in [-0.39, 0.29) is 0 Å². The Morgan fingerprint density at radius 2 is 2.21 bits per heavy atom. The van der Waals surface area contributed by atoms with Gasteiger partial charge in [0.15, 0.2) is 5.65 Å². The third-order valence-electron chi connectivity index (χ3n) is 2.19. The van der Waals surface area contributed by atoms with Crippen molar-refractivity contribution in [3.63, 3.8) is 0 Å². The predicted molar refractivity (Wildman–Crippen MR) is 56.1 cm³/mol. The van der Waals surface area contributed by atoms with Crippen molar-refractivity contribution in [2.45, 2.75) is 19.3 Å². The smallest absolute Gasteiger partial charge is 0.170 e. The Morgan fingerprint density at radius 3 is 2.93 bits per heavy atom. The molecule has 0 aliphatic carbocycles. The monoisotopic (exact) mass is 203 g/mol. The minimum atomic E-state index is -0.481. The lowest BCUT2D eigenvalue weighted by Crippen LogP contribution is -2.13. The molecule has 2 aromatic rings. The molecular weight excluding hydrogens is 194 g/mol. The molecule has 0 saturated heterocycles. The maximum atomic E-state index is 8.98. The zero-order valence-electron chi connectivity index (χ0n) is 7.98. The summed E-state index contributed by atoms with van der Waals surface area (Å²) in [6, 6.07) is 4.25. The predicted octanol–water partition coefficient (Wildman–Crippen LogP) is 2.49. The summed E-state index contributed by atoms with van der Waals surface area (Å²) in [5.74, 6) is 0. The molecule has 0 amide bonds. The second kappa shape index (κ2) is 3.03. The lowest BCUT2D eigenvalue weighted by molar-refractivity contribution is 0.685. The van der Waals surface area contributed by atoms with Crippen molar-refractivity contribution in [3.8, 4) is 6.07 Å². The molecule has 0 aliphatic rings. The number of rotatable bonds is 1. The number of hydrogen-bond donors (Lipinski definition) is 0. The van der Waals surface area contributed by atoms with Gasteiger partial charge in [-0.1, -0.05) is 0 Å². The lowest BCUT2D eigenvalue weighted by Gasteiger charge is -2.14. The molecule has 2 rings (SSSR count). The molecule has 0 unspecified atom stereocenters. The topological polar surface area (TPSA) is 49.6 Å². The Morgan fingerprint density at radius 1 is 1.43 bits per heavy atom. The van der Waals surface area contributed by atoms with E-state index in [0.29, 0.717) is 0 Å². The van der Waals surface area contributed by atoms with Crippen LogP contribution in [0.3, 0.4) is 0 Å². The number of nitrogens with zero attached hydrogens (tertiary/aromatic N) is 3. The number of nitriles is 1. The first-order chi connectivity index (χ1) is 6.63. The van der Waals surface area contributed by atoms with Crippen LogP contribution in [0.25, 0.3) is 10.3 Å². The molecule has 0 fully saturated rings. The minimum absolute atomic E-state index is 0.481. The first-order valence-corrected chi connectivity index (χ1v) is 5.12. The van der Waals surface area contributed by atoms with Crippen LogP contribution < -0.4 is 0 Å². The molecule has 0 aliphatic heterocycles. The highest BCUT2D eigenvalue weighted by molar-refractivity contribution is 7.16. The van der Waals surface area contributed by atoms with Crippen LogP contribution in [0.1, 0.15) is 19.4 Å². The van der Waals surface area contributed by atoms with Crippen LogP contribution in [0.5, 0.6) is 0 Å². The van der Waals surface area contributed by atoms with Crippen molar-refractivity contribution in [2.75, 3.05) is 0 Å². The largest absolute Gasteiger partial charge is 0.236 e. The molecular formula is C10H9N3S. The molecule has 4 heteroatoms. The van der Waals surface area contributed by atoms with Gasteiger partial charge in [-0.2, -0.15) is 5.26 Å². The number of aromatic nitrogens is 2. The summed E-state index contributed by atoms with van der Waals surface area (Å²) in [5.41, 5.74) is 2.98. The van der Waals surface area contributed by atoms with Gasteiger partial charge in [0.25, 0.3) is 0 Å². The van der Waals surface area contributed by atoms with E-state index in [2.05, 4.69) is 16.0 Å². The zero-order valence-corrected chi connectivity index (χ0v) is 8.80. The third-order valence-corrected chi connectivity index (χ3v) is 2.95. The van der Waals surface area contributed by atoms with Gasteiger partial charge in [-0.15, -0.1) is 11.3 Å². The maximum Gasteiger partial charge on any atom is 0.170 e. The average molecular weight is 203 g/mol. The van der Waals surface area contributed by atoms with Gasteiger partial charge in [-0.25, -0.2) is 9.97 Å². The van der Waals surface area contributed by atoms with Gasteiger partial charge >= 0.3 is 0 Å². The first-order valence-electron chi connectivity index (χ1n) is 4.24. The summed E-state index contributed by atoms with van der Waals surface area (Å²) in [6.07, 6.45) is 1.73. The molecule has 0 spiro atoms. The van der Waals surface area contributed by atoms with Crippen LogP contribution in [0.4, 0.5) is 0 Å². The van der Waals surface area contributed by atoms with Gasteiger partial charge < -0.3 is 0 Å². The Hall–Kier alpha value is -1.47. The fraction of sp³-hybridized carbons (Fsp3) is 0.300. The highest BCUT2D eigenvalue weighted by atomic mass is 32.1. The number of hydrogen-bond acceptors (Lipinski definition) is 4. The SMILES string of the molecule is CC(C)(C#N)c1cnc2ncsc2c1. The molecule has 0 aromatic carbocycles. The Kier molecular flexibility index (Phi) is 1.97. The van der Waals surface area contributed by atoms with Crippen molar-refractivity contribution in [2.24, 2.45) is 0 Å². The number of thiazole rings is 1. The Bertz CT molecular complexity index is 507. The van der Waals surface area contributed by atoms with Gasteiger partial charge in [0, 0.05) is 6.20 Å². The molecule has 70 valence electrons. The third kappa shape index (κ3) is 1.36. The van der Waals surface area contributed by atoms with E-state index in [1.54, 1.807) is 23.0 Å². The van der Waals surface area contributed by atoms with Crippen molar-refractivity contribution < 1.29 is 0 Å². The molecule has 0 atom stereocenters. The van der Waals surface area contributed by atoms with Crippen LogP contribution in [0, 0.1) is 11.3 Å². The maximum absolute atomic E-state index is 8.98. The average Bonchev–Trinajstić information content (AvgIpc) is 2.64. The lowest BCUT2D eigenvalue weighted by atomic mass is 9.88. The summed E-state index contributed by atoms with van der Waals surface area (Å²) >= 11 is 1.55. The van der Waals surface area contributed by atoms with Gasteiger partial charge in [-0.05, 0) is 25.5 Å². The fourth-order valence-corrected chi connectivity index (χ4v) is 1.83. The zero-order chi connectivity index (χ0) is 10.2. The van der Waals surface area contributed by atoms with E-state index in [1.165, 1.54) is 0 Å². The summed E-state index contributed by atoms with van der Waals surface area (Å²) < 4.78 is 1.03. The first kappa shape index (κ1) is 9.10. The summed E-state index contributed by atoms with van der Waals surface area (Å²) in [4.78, 5) is 8.30. The molecule has 0 radical (unpaired) electrons. The summed E-state index contributed by atoms with van der Waals surface area (Å²) in [7, 11) is 0. The standard InChI is InChI=1S/C10H9N3S/c1-10(2,5-11)7-3-8-9(12-4-7)13-6-14-8/h3-4,6H,1-2H3. The molecule has 3 nitrogen and oxygen atoms in total. The molecule has 2 aromatic heterocycles. The number of fused-ring (bicyclic) bond motifs is 1. The van der Waals surface area contributed by atoms with Crippen molar-refractivity contribution in [1.29, 1.82) is 5.26 Å². The minimum Gasteiger partial charge on any atom is -0.236 e. The summed E-state index contributed by atoms with van der Waals surface area (Å²) in [5, 5.41) is 8.98. The van der Waals surface area contributed by atoms with Gasteiger partial charge in [0.1, 0.15) is 0 Å². The van der Waals surface area contributed by atoms with Gasteiger partial charge in [0.05, 0.1) is 21.7 Å². The highest BCUT2D eigenvalue weighted by Gasteiger charge is 2.20. The van der Waals surface area contributed by atoms with Crippen molar-refractivity contribution >= 4 is 21.7 Å². The molecule has 0 bridgehead atoms. The normalized spacial score (nSPS) is 11.5. The van der Waals surface area contributed by atoms with Crippen LogP contribution in [-0.2, 0) is 5.41 Å². The quantitative estimate of drug-likeness (QED) is 0.715. The van der Waals surface area contributed by atoms with Crippen LogP contribution in [0.2, 0.25) is 0 Å². The second-order valence-corrected chi connectivity index (χ2v) is 4.52. The van der Waals surface area contributed by atoms with E-state index in [9.17, 15) is 0 Å². The van der Waals surface area contributed by atoms with E-state index < -0.39 is 5.41 Å². The van der Waals surface area contributed by atoms with E-state index in [4.69, 9.17) is 5.26 Å². The summed E-state index contributed by atoms with van der Waals surface area (Å²) in [6.45, 7) is 3.77. The molecule has 2 heterocycles.